The summed E-state index contributed by atoms with van der Waals surface area (Å²) in [5.41, 5.74) is 7.52. The molecule has 0 aliphatic heterocycles. The lowest BCUT2D eigenvalue weighted by molar-refractivity contribution is -0.137. The number of aryl methyl sites for hydroxylation is 1. The number of rotatable bonds is 6. The molecule has 1 aliphatic rings. The van der Waals surface area contributed by atoms with Crippen LogP contribution in [0.1, 0.15) is 53.4 Å². The number of fused-ring (bicyclic) bond motifs is 1. The molecule has 3 aromatic rings. The molecule has 8 heteroatoms. The third-order valence-corrected chi connectivity index (χ3v) is 5.94. The zero-order valence-corrected chi connectivity index (χ0v) is 18.0. The third kappa shape index (κ3) is 4.84. The SMILES string of the molecule is Cc1cc2cc(C(=O)N(Cc3ccc(C(F)(F)F)cn3)[C@H](C)CC3CC3)ccc2nc1N. The number of nitrogens with zero attached hydrogens (tertiary/aromatic N) is 3. The molecular formula is C24H25F3N4O. The fourth-order valence-corrected chi connectivity index (χ4v) is 3.85. The first kappa shape index (κ1) is 22.0. The van der Waals surface area contributed by atoms with Crippen molar-refractivity contribution >= 4 is 22.6 Å². The van der Waals surface area contributed by atoms with E-state index in [9.17, 15) is 18.0 Å². The number of nitrogens with two attached hydrogens (primary N) is 1. The minimum atomic E-state index is -4.44. The average molecular weight is 442 g/mol. The van der Waals surface area contributed by atoms with Crippen LogP contribution in [0.15, 0.2) is 42.6 Å². The van der Waals surface area contributed by atoms with Crippen LogP contribution in [0, 0.1) is 12.8 Å². The van der Waals surface area contributed by atoms with Crippen LogP contribution in [-0.2, 0) is 12.7 Å². The molecule has 32 heavy (non-hydrogen) atoms. The Labute approximate surface area is 184 Å². The van der Waals surface area contributed by atoms with Crippen LogP contribution in [0.4, 0.5) is 19.0 Å². The van der Waals surface area contributed by atoms with Crippen molar-refractivity contribution in [3.8, 4) is 0 Å². The number of alkyl halides is 3. The second-order valence-corrected chi connectivity index (χ2v) is 8.60. The fraction of sp³-hybridized carbons (Fsp3) is 0.375. The maximum absolute atomic E-state index is 13.5. The van der Waals surface area contributed by atoms with E-state index in [2.05, 4.69) is 9.97 Å². The third-order valence-electron chi connectivity index (χ3n) is 5.94. The van der Waals surface area contributed by atoms with Gasteiger partial charge >= 0.3 is 6.18 Å². The summed E-state index contributed by atoms with van der Waals surface area (Å²) in [5.74, 6) is 0.855. The van der Waals surface area contributed by atoms with Crippen LogP contribution in [0.3, 0.4) is 0 Å². The summed E-state index contributed by atoms with van der Waals surface area (Å²) in [7, 11) is 0. The molecule has 0 saturated heterocycles. The summed E-state index contributed by atoms with van der Waals surface area (Å²) < 4.78 is 38.6. The highest BCUT2D eigenvalue weighted by Crippen LogP contribution is 2.35. The minimum Gasteiger partial charge on any atom is -0.383 e. The van der Waals surface area contributed by atoms with Gasteiger partial charge in [-0.25, -0.2) is 4.98 Å². The molecule has 168 valence electrons. The number of aromatic nitrogens is 2. The van der Waals surface area contributed by atoms with E-state index in [1.165, 1.54) is 6.07 Å². The number of benzene rings is 1. The largest absolute Gasteiger partial charge is 0.417 e. The van der Waals surface area contributed by atoms with Crippen molar-refractivity contribution in [3.63, 3.8) is 0 Å². The molecule has 0 bridgehead atoms. The van der Waals surface area contributed by atoms with Crippen molar-refractivity contribution in [1.82, 2.24) is 14.9 Å². The van der Waals surface area contributed by atoms with E-state index in [0.717, 1.165) is 42.5 Å². The van der Waals surface area contributed by atoms with Crippen molar-refractivity contribution in [2.45, 2.75) is 51.9 Å². The Morgan fingerprint density at radius 2 is 1.97 bits per heavy atom. The first-order chi connectivity index (χ1) is 15.1. The van der Waals surface area contributed by atoms with Gasteiger partial charge in [-0.05, 0) is 68.1 Å². The number of pyridine rings is 2. The van der Waals surface area contributed by atoms with Gasteiger partial charge in [0, 0.05) is 23.2 Å². The van der Waals surface area contributed by atoms with Crippen LogP contribution in [-0.4, -0.2) is 26.8 Å². The van der Waals surface area contributed by atoms with Crippen LogP contribution < -0.4 is 5.73 Å². The zero-order valence-electron chi connectivity index (χ0n) is 18.0. The van der Waals surface area contributed by atoms with E-state index < -0.39 is 11.7 Å². The van der Waals surface area contributed by atoms with Crippen molar-refractivity contribution in [2.24, 2.45) is 5.92 Å². The summed E-state index contributed by atoms with van der Waals surface area (Å²) in [6, 6.07) is 9.43. The maximum Gasteiger partial charge on any atom is 0.417 e. The summed E-state index contributed by atoms with van der Waals surface area (Å²) in [6.07, 6.45) is -0.475. The zero-order chi connectivity index (χ0) is 23.0. The number of hydrogen-bond donors (Lipinski definition) is 1. The van der Waals surface area contributed by atoms with E-state index in [-0.39, 0.29) is 18.5 Å². The lowest BCUT2D eigenvalue weighted by atomic mass is 10.0. The van der Waals surface area contributed by atoms with Gasteiger partial charge in [0.1, 0.15) is 5.82 Å². The fourth-order valence-electron chi connectivity index (χ4n) is 3.85. The van der Waals surface area contributed by atoms with E-state index in [4.69, 9.17) is 5.73 Å². The molecule has 5 nitrogen and oxygen atoms in total. The van der Waals surface area contributed by atoms with Gasteiger partial charge in [0.15, 0.2) is 0 Å². The molecule has 1 atom stereocenters. The van der Waals surface area contributed by atoms with Crippen molar-refractivity contribution in [2.75, 3.05) is 5.73 Å². The van der Waals surface area contributed by atoms with Crippen LogP contribution in [0.5, 0.6) is 0 Å². The topological polar surface area (TPSA) is 72.1 Å². The predicted octanol–water partition coefficient (Wildman–Crippen LogP) is 5.37. The van der Waals surface area contributed by atoms with Crippen LogP contribution >= 0.6 is 0 Å². The highest BCUT2D eigenvalue weighted by atomic mass is 19.4. The smallest absolute Gasteiger partial charge is 0.383 e. The molecule has 2 heterocycles. The highest BCUT2D eigenvalue weighted by molar-refractivity contribution is 5.98. The predicted molar refractivity (Wildman–Crippen MR) is 117 cm³/mol. The standard InChI is InChI=1S/C24H25F3N4O/c1-14-9-18-11-17(5-8-21(18)30-22(14)28)23(32)31(15(2)10-16-3-4-16)13-20-7-6-19(12-29-20)24(25,26)27/h5-9,11-12,15-16H,3-4,10,13H2,1-2H3,(H2,28,30)/t15-/m1/s1. The molecule has 1 saturated carbocycles. The van der Waals surface area contributed by atoms with Gasteiger partial charge < -0.3 is 10.6 Å². The summed E-state index contributed by atoms with van der Waals surface area (Å²) in [4.78, 5) is 23.5. The van der Waals surface area contributed by atoms with Gasteiger partial charge in [0.25, 0.3) is 5.91 Å². The maximum atomic E-state index is 13.5. The summed E-state index contributed by atoms with van der Waals surface area (Å²) in [5, 5.41) is 0.810. The van der Waals surface area contributed by atoms with Crippen molar-refractivity contribution in [1.29, 1.82) is 0 Å². The molecule has 2 N–H and O–H groups in total. The van der Waals surface area contributed by atoms with Gasteiger partial charge in [0.2, 0.25) is 0 Å². The summed E-state index contributed by atoms with van der Waals surface area (Å²) >= 11 is 0. The number of hydrogen-bond acceptors (Lipinski definition) is 4. The first-order valence-corrected chi connectivity index (χ1v) is 10.6. The molecule has 1 aliphatic carbocycles. The average Bonchev–Trinajstić information content (AvgIpc) is 3.55. The van der Waals surface area contributed by atoms with Gasteiger partial charge in [0.05, 0.1) is 23.3 Å². The van der Waals surface area contributed by atoms with Crippen LogP contribution in [0.2, 0.25) is 0 Å². The Morgan fingerprint density at radius 3 is 2.59 bits per heavy atom. The molecule has 1 aromatic carbocycles. The van der Waals surface area contributed by atoms with Crippen LogP contribution in [0.25, 0.3) is 10.9 Å². The molecule has 4 rings (SSSR count). The van der Waals surface area contributed by atoms with E-state index in [1.807, 2.05) is 19.9 Å². The Bertz CT molecular complexity index is 1140. The monoisotopic (exact) mass is 442 g/mol. The number of amides is 1. The molecule has 0 unspecified atom stereocenters. The number of anilines is 1. The number of nitrogen functional groups attached to an aromatic ring is 1. The molecule has 2 aromatic heterocycles. The summed E-state index contributed by atoms with van der Waals surface area (Å²) in [6.45, 7) is 3.98. The Hall–Kier alpha value is -3.16. The molecule has 1 fully saturated rings. The Morgan fingerprint density at radius 1 is 1.22 bits per heavy atom. The van der Waals surface area contributed by atoms with Gasteiger partial charge in [-0.3, -0.25) is 9.78 Å². The molecule has 1 amide bonds. The lowest BCUT2D eigenvalue weighted by Crippen LogP contribution is -2.38. The van der Waals surface area contributed by atoms with Crippen molar-refractivity contribution < 1.29 is 18.0 Å². The van der Waals surface area contributed by atoms with Gasteiger partial charge in [-0.1, -0.05) is 12.8 Å². The Balaban J connectivity index is 1.62. The number of carbonyl (C=O) groups excluding carboxylic acids is 1. The normalized spacial score (nSPS) is 15.0. The number of carbonyl (C=O) groups is 1. The highest BCUT2D eigenvalue weighted by Gasteiger charge is 2.32. The van der Waals surface area contributed by atoms with E-state index in [0.29, 0.717) is 28.5 Å². The van der Waals surface area contributed by atoms with Gasteiger partial charge in [-0.2, -0.15) is 13.2 Å². The number of halogens is 3. The molecule has 0 spiro atoms. The van der Waals surface area contributed by atoms with E-state index in [1.54, 1.807) is 23.1 Å². The van der Waals surface area contributed by atoms with E-state index >= 15 is 0 Å². The second-order valence-electron chi connectivity index (χ2n) is 8.60. The lowest BCUT2D eigenvalue weighted by Gasteiger charge is -2.29. The second kappa shape index (κ2) is 8.41. The minimum absolute atomic E-state index is 0.0685. The van der Waals surface area contributed by atoms with Gasteiger partial charge in [-0.15, -0.1) is 0 Å². The molecule has 0 radical (unpaired) electrons. The van der Waals surface area contributed by atoms with Crippen molar-refractivity contribution in [3.05, 3.63) is 65.0 Å². The Kier molecular flexibility index (Phi) is 5.79. The quantitative estimate of drug-likeness (QED) is 0.557. The molecular weight excluding hydrogens is 417 g/mol. The first-order valence-electron chi connectivity index (χ1n) is 10.6.